The summed E-state index contributed by atoms with van der Waals surface area (Å²) in [6, 6.07) is 0. The summed E-state index contributed by atoms with van der Waals surface area (Å²) in [6.07, 6.45) is 33.8. The van der Waals surface area contributed by atoms with E-state index in [-0.39, 0.29) is 12.8 Å². The Morgan fingerprint density at radius 3 is 0.904 bits per heavy atom. The molecule has 0 aromatic carbocycles. The molecule has 0 fully saturated rings. The predicted octanol–water partition coefficient (Wildman–Crippen LogP) is 11.1. The number of hydrogen-bond donors (Lipinski definition) is 3. The van der Waals surface area contributed by atoms with Gasteiger partial charge >= 0.3 is 19.8 Å². The van der Waals surface area contributed by atoms with Crippen LogP contribution in [0.15, 0.2) is 0 Å². The zero-order valence-corrected chi connectivity index (χ0v) is 34.4. The van der Waals surface area contributed by atoms with Gasteiger partial charge in [0.15, 0.2) is 0 Å². The first-order valence-electron chi connectivity index (χ1n) is 21.5. The van der Waals surface area contributed by atoms with E-state index in [1.54, 1.807) is 0 Å². The van der Waals surface area contributed by atoms with Gasteiger partial charge in [-0.15, -0.1) is 0 Å². The van der Waals surface area contributed by atoms with Crippen LogP contribution in [0.1, 0.15) is 213 Å². The van der Waals surface area contributed by atoms with Crippen molar-refractivity contribution < 1.29 is 47.8 Å². The number of esters is 2. The third-order valence-electron chi connectivity index (χ3n) is 9.57. The van der Waals surface area contributed by atoms with Crippen LogP contribution < -0.4 is 0 Å². The quantitative estimate of drug-likeness (QED) is 0.0312. The number of hydrogen-bond acceptors (Lipinski definition) is 9. The van der Waals surface area contributed by atoms with Crippen LogP contribution in [0.25, 0.3) is 0 Å². The number of rotatable bonds is 41. The van der Waals surface area contributed by atoms with Gasteiger partial charge in [-0.1, -0.05) is 187 Å². The Bertz CT molecular complexity index is 842. The summed E-state index contributed by atoms with van der Waals surface area (Å²) in [6.45, 7) is 2.21. The third-order valence-corrected chi connectivity index (χ3v) is 10.5. The summed E-state index contributed by atoms with van der Waals surface area (Å²) in [5.41, 5.74) is 0. The Hall–Kier alpha value is -1.03. The molecule has 0 aromatic rings. The Labute approximate surface area is 318 Å². The van der Waals surface area contributed by atoms with Crippen molar-refractivity contribution in [1.82, 2.24) is 0 Å². The van der Waals surface area contributed by atoms with Crippen LogP contribution in [0, 0.1) is 0 Å². The number of phosphoric ester groups is 1. The van der Waals surface area contributed by atoms with Gasteiger partial charge in [0.1, 0.15) is 12.2 Å². The van der Waals surface area contributed by atoms with E-state index in [9.17, 15) is 29.3 Å². The minimum absolute atomic E-state index is 0.197. The molecule has 11 heteroatoms. The maximum atomic E-state index is 12.3. The van der Waals surface area contributed by atoms with Crippen molar-refractivity contribution in [3.63, 3.8) is 0 Å². The van der Waals surface area contributed by atoms with Crippen LogP contribution in [-0.4, -0.2) is 65.7 Å². The smallest absolute Gasteiger partial charge is 0.457 e. The molecule has 3 unspecified atom stereocenters. The first-order valence-corrected chi connectivity index (χ1v) is 23.0. The summed E-state index contributed by atoms with van der Waals surface area (Å²) < 4.78 is 32.5. The summed E-state index contributed by atoms with van der Waals surface area (Å²) in [5.74, 6) is -1.01. The molecule has 3 N–H and O–H groups in total. The monoisotopic (exact) mass is 765 g/mol. The van der Waals surface area contributed by atoms with Crippen molar-refractivity contribution in [2.24, 2.45) is 0 Å². The minimum Gasteiger partial charge on any atom is -0.457 e. The molecule has 0 saturated carbocycles. The van der Waals surface area contributed by atoms with Crippen LogP contribution in [0.3, 0.4) is 0 Å². The first-order chi connectivity index (χ1) is 25.3. The maximum absolute atomic E-state index is 12.3. The molecule has 0 amide bonds. The van der Waals surface area contributed by atoms with Crippen molar-refractivity contribution in [2.45, 2.75) is 225 Å². The number of unbranched alkanes of at least 4 members (excludes halogenated alkanes) is 27. The highest BCUT2D eigenvalue weighted by Gasteiger charge is 2.27. The van der Waals surface area contributed by atoms with Crippen molar-refractivity contribution in [3.8, 4) is 0 Å². The van der Waals surface area contributed by atoms with E-state index in [1.165, 1.54) is 135 Å². The molecule has 0 heterocycles. The average molecular weight is 765 g/mol. The van der Waals surface area contributed by atoms with Gasteiger partial charge in [-0.05, 0) is 12.8 Å². The van der Waals surface area contributed by atoms with Gasteiger partial charge in [0.25, 0.3) is 0 Å². The molecule has 0 radical (unpaired) electrons. The van der Waals surface area contributed by atoms with Gasteiger partial charge in [0.05, 0.1) is 26.4 Å². The number of ether oxygens (including phenoxy) is 2. The van der Waals surface area contributed by atoms with Gasteiger partial charge in [0, 0.05) is 12.8 Å². The van der Waals surface area contributed by atoms with E-state index in [1.807, 2.05) is 0 Å². The number of phosphoric acid groups is 1. The summed E-state index contributed by atoms with van der Waals surface area (Å²) in [7, 11) is -4.62. The topological polar surface area (TPSA) is 149 Å². The minimum atomic E-state index is -4.62. The summed E-state index contributed by atoms with van der Waals surface area (Å²) in [5, 5.41) is 19.1. The van der Waals surface area contributed by atoms with Gasteiger partial charge in [-0.3, -0.25) is 18.6 Å². The van der Waals surface area contributed by atoms with Crippen LogP contribution in [0.2, 0.25) is 0 Å². The second kappa shape index (κ2) is 38.3. The Morgan fingerprint density at radius 2 is 0.673 bits per heavy atom. The fourth-order valence-corrected chi connectivity index (χ4v) is 7.02. The predicted molar refractivity (Wildman–Crippen MR) is 210 cm³/mol. The standard InChI is InChI=1S/C41H81O10P/c1-3-5-7-9-11-13-14-15-16-17-18-19-20-21-22-23-25-27-29-31-33-41(45)51-39(35-43)37-49-52(46,47)48-36-38(34-42)50-40(44)32-30-28-26-24-12-10-8-6-4-2/h38-39,42-43H,3-37H2,1-2H3,(H,46,47). The molecule has 310 valence electrons. The van der Waals surface area contributed by atoms with Crippen molar-refractivity contribution in [3.05, 3.63) is 0 Å². The molecule has 0 aliphatic rings. The second-order valence-electron chi connectivity index (χ2n) is 14.7. The van der Waals surface area contributed by atoms with Crippen LogP contribution in [-0.2, 0) is 32.7 Å². The lowest BCUT2D eigenvalue weighted by Crippen LogP contribution is -2.28. The highest BCUT2D eigenvalue weighted by Crippen LogP contribution is 2.43. The van der Waals surface area contributed by atoms with Gasteiger partial charge < -0.3 is 24.6 Å². The zero-order valence-electron chi connectivity index (χ0n) is 33.6. The van der Waals surface area contributed by atoms with Gasteiger partial charge in [-0.2, -0.15) is 0 Å². The summed E-state index contributed by atoms with van der Waals surface area (Å²) in [4.78, 5) is 34.4. The van der Waals surface area contributed by atoms with E-state index in [0.29, 0.717) is 12.8 Å². The largest absolute Gasteiger partial charge is 0.472 e. The fourth-order valence-electron chi connectivity index (χ4n) is 6.23. The highest BCUT2D eigenvalue weighted by atomic mass is 31.2. The summed E-state index contributed by atoms with van der Waals surface area (Å²) >= 11 is 0. The average Bonchev–Trinajstić information content (AvgIpc) is 3.13. The van der Waals surface area contributed by atoms with E-state index < -0.39 is 58.4 Å². The Morgan fingerprint density at radius 1 is 0.442 bits per heavy atom. The van der Waals surface area contributed by atoms with Crippen LogP contribution >= 0.6 is 7.82 Å². The third kappa shape index (κ3) is 36.0. The molecular weight excluding hydrogens is 683 g/mol. The van der Waals surface area contributed by atoms with Gasteiger partial charge in [-0.25, -0.2) is 4.57 Å². The Kier molecular flexibility index (Phi) is 37.5. The molecule has 0 aliphatic heterocycles. The number of aliphatic hydroxyl groups excluding tert-OH is 2. The molecule has 0 aromatic heterocycles. The molecule has 0 bridgehead atoms. The van der Waals surface area contributed by atoms with Crippen molar-refractivity contribution >= 4 is 19.8 Å². The van der Waals surface area contributed by atoms with E-state index in [4.69, 9.17) is 18.5 Å². The van der Waals surface area contributed by atoms with Crippen LogP contribution in [0.5, 0.6) is 0 Å². The Balaban J connectivity index is 3.83. The molecule has 0 saturated heterocycles. The molecule has 0 spiro atoms. The SMILES string of the molecule is CCCCCCCCCCCCCCCCCCCCCCC(=O)OC(CO)COP(=O)(O)OCC(CO)OC(=O)CCCCCCCCCCC. The van der Waals surface area contributed by atoms with Crippen LogP contribution in [0.4, 0.5) is 0 Å². The number of carbonyl (C=O) groups excluding carboxylic acids is 2. The lowest BCUT2D eigenvalue weighted by atomic mass is 10.0. The van der Waals surface area contributed by atoms with E-state index >= 15 is 0 Å². The van der Waals surface area contributed by atoms with Gasteiger partial charge in [0.2, 0.25) is 0 Å². The highest BCUT2D eigenvalue weighted by molar-refractivity contribution is 7.47. The molecule has 52 heavy (non-hydrogen) atoms. The lowest BCUT2D eigenvalue weighted by Gasteiger charge is -2.20. The van der Waals surface area contributed by atoms with E-state index in [2.05, 4.69) is 13.8 Å². The lowest BCUT2D eigenvalue weighted by molar-refractivity contribution is -0.153. The molecule has 0 aliphatic carbocycles. The number of carbonyl (C=O) groups is 2. The van der Waals surface area contributed by atoms with Crippen molar-refractivity contribution in [1.29, 1.82) is 0 Å². The van der Waals surface area contributed by atoms with Crippen molar-refractivity contribution in [2.75, 3.05) is 26.4 Å². The van der Waals surface area contributed by atoms with E-state index in [0.717, 1.165) is 38.5 Å². The molecule has 3 atom stereocenters. The molecule has 0 rings (SSSR count). The maximum Gasteiger partial charge on any atom is 0.472 e. The zero-order chi connectivity index (χ0) is 38.4. The molecular formula is C41H81O10P. The second-order valence-corrected chi connectivity index (χ2v) is 16.1. The number of aliphatic hydroxyl groups is 2. The molecule has 10 nitrogen and oxygen atoms in total. The normalized spacial score (nSPS) is 13.9. The fraction of sp³-hybridized carbons (Fsp3) is 0.951. The first kappa shape index (κ1) is 51.0.